The predicted octanol–water partition coefficient (Wildman–Crippen LogP) is 0.926. The van der Waals surface area contributed by atoms with Crippen LogP contribution in [0.5, 0.6) is 5.75 Å². The summed E-state index contributed by atoms with van der Waals surface area (Å²) in [6.45, 7) is 0.104. The van der Waals surface area contributed by atoms with Crippen LogP contribution < -0.4 is 0 Å². The van der Waals surface area contributed by atoms with Crippen molar-refractivity contribution in [2.24, 2.45) is 0 Å². The molecular formula is C10H12N2O3S. The maximum atomic E-state index is 11.9. The van der Waals surface area contributed by atoms with Crippen molar-refractivity contribution in [3.8, 4) is 11.8 Å². The zero-order valence-corrected chi connectivity index (χ0v) is 9.61. The summed E-state index contributed by atoms with van der Waals surface area (Å²) in [5, 5.41) is 17.8. The number of phenolic OH excluding ortho intramolecular Hbond substituents is 1. The second-order valence-corrected chi connectivity index (χ2v) is 5.22. The lowest BCUT2D eigenvalue weighted by atomic mass is 10.3. The van der Waals surface area contributed by atoms with Crippen LogP contribution >= 0.6 is 0 Å². The van der Waals surface area contributed by atoms with Gasteiger partial charge in [0.05, 0.1) is 6.07 Å². The molecular weight excluding hydrogens is 228 g/mol. The van der Waals surface area contributed by atoms with E-state index in [9.17, 15) is 13.5 Å². The summed E-state index contributed by atoms with van der Waals surface area (Å²) in [5.41, 5.74) is 0. The van der Waals surface area contributed by atoms with Crippen LogP contribution in [0.2, 0.25) is 0 Å². The zero-order valence-electron chi connectivity index (χ0n) is 8.79. The molecule has 0 spiro atoms. The molecule has 0 atom stereocenters. The summed E-state index contributed by atoms with van der Waals surface area (Å²) in [5.74, 6) is -0.286. The fraction of sp³-hybridized carbons (Fsp3) is 0.300. The van der Waals surface area contributed by atoms with Crippen LogP contribution in [0.3, 0.4) is 0 Å². The molecule has 6 heteroatoms. The number of aromatic hydroxyl groups is 1. The van der Waals surface area contributed by atoms with Crippen molar-refractivity contribution in [3.05, 3.63) is 24.3 Å². The molecule has 0 aliphatic heterocycles. The summed E-state index contributed by atoms with van der Waals surface area (Å²) in [4.78, 5) is -0.143. The molecule has 86 valence electrons. The van der Waals surface area contributed by atoms with E-state index in [1.807, 2.05) is 6.07 Å². The number of hydrogen-bond donors (Lipinski definition) is 1. The third-order valence-corrected chi connectivity index (χ3v) is 4.00. The standard InChI is InChI=1S/C10H12N2O3S/c1-12(8-4-7-11)16(14,15)10-6-3-2-5-9(10)13/h2-3,5-6,13H,4,8H2,1H3. The maximum absolute atomic E-state index is 11.9. The van der Waals surface area contributed by atoms with Gasteiger partial charge in [-0.25, -0.2) is 8.42 Å². The third-order valence-electron chi connectivity index (χ3n) is 2.09. The Balaban J connectivity index is 3.04. The van der Waals surface area contributed by atoms with Gasteiger partial charge in [0.2, 0.25) is 10.0 Å². The van der Waals surface area contributed by atoms with Crippen molar-refractivity contribution in [2.75, 3.05) is 13.6 Å². The van der Waals surface area contributed by atoms with Gasteiger partial charge in [0.25, 0.3) is 0 Å². The zero-order chi connectivity index (χ0) is 12.2. The van der Waals surface area contributed by atoms with Crippen LogP contribution in [0, 0.1) is 11.3 Å². The molecule has 1 aromatic rings. The van der Waals surface area contributed by atoms with Gasteiger partial charge in [-0.05, 0) is 12.1 Å². The van der Waals surface area contributed by atoms with Gasteiger partial charge in [-0.1, -0.05) is 12.1 Å². The van der Waals surface area contributed by atoms with Crippen LogP contribution in [-0.4, -0.2) is 31.4 Å². The molecule has 0 saturated carbocycles. The van der Waals surface area contributed by atoms with E-state index in [0.29, 0.717) is 0 Å². The molecule has 1 N–H and O–H groups in total. The van der Waals surface area contributed by atoms with Crippen molar-refractivity contribution in [2.45, 2.75) is 11.3 Å². The Hall–Kier alpha value is -1.58. The molecule has 1 rings (SSSR count). The Labute approximate surface area is 94.6 Å². The number of sulfonamides is 1. The predicted molar refractivity (Wildman–Crippen MR) is 58.2 cm³/mol. The average molecular weight is 240 g/mol. The molecule has 0 aromatic heterocycles. The largest absolute Gasteiger partial charge is 0.507 e. The molecule has 0 fully saturated rings. The van der Waals surface area contributed by atoms with Crippen molar-refractivity contribution in [1.82, 2.24) is 4.31 Å². The molecule has 1 aromatic carbocycles. The third kappa shape index (κ3) is 2.51. The molecule has 0 bridgehead atoms. The number of nitriles is 1. The first-order valence-corrected chi connectivity index (χ1v) is 6.05. The number of rotatable bonds is 4. The van der Waals surface area contributed by atoms with Crippen LogP contribution in [0.1, 0.15) is 6.42 Å². The quantitative estimate of drug-likeness (QED) is 0.848. The van der Waals surface area contributed by atoms with E-state index in [0.717, 1.165) is 4.31 Å². The second-order valence-electron chi connectivity index (χ2n) is 3.20. The van der Waals surface area contributed by atoms with Gasteiger partial charge in [-0.15, -0.1) is 0 Å². The van der Waals surface area contributed by atoms with E-state index in [1.54, 1.807) is 6.07 Å². The molecule has 0 saturated heterocycles. The van der Waals surface area contributed by atoms with Gasteiger partial charge < -0.3 is 5.11 Å². The number of para-hydroxylation sites is 1. The van der Waals surface area contributed by atoms with E-state index in [-0.39, 0.29) is 23.6 Å². The first kappa shape index (κ1) is 12.5. The number of benzene rings is 1. The van der Waals surface area contributed by atoms with E-state index >= 15 is 0 Å². The lowest BCUT2D eigenvalue weighted by Gasteiger charge is -2.16. The Kier molecular flexibility index (Phi) is 3.88. The fourth-order valence-electron chi connectivity index (χ4n) is 1.17. The minimum Gasteiger partial charge on any atom is -0.507 e. The first-order valence-electron chi connectivity index (χ1n) is 4.61. The molecule has 0 radical (unpaired) electrons. The number of hydrogen-bond acceptors (Lipinski definition) is 4. The average Bonchev–Trinajstić information content (AvgIpc) is 2.26. The van der Waals surface area contributed by atoms with Crippen molar-refractivity contribution in [1.29, 1.82) is 5.26 Å². The van der Waals surface area contributed by atoms with Crippen LogP contribution in [0.15, 0.2) is 29.2 Å². The van der Waals surface area contributed by atoms with Gasteiger partial charge in [-0.3, -0.25) is 0 Å². The molecule has 16 heavy (non-hydrogen) atoms. The topological polar surface area (TPSA) is 81.4 Å². The lowest BCUT2D eigenvalue weighted by Crippen LogP contribution is -2.27. The van der Waals surface area contributed by atoms with Crippen molar-refractivity contribution < 1.29 is 13.5 Å². The highest BCUT2D eigenvalue weighted by Gasteiger charge is 2.23. The van der Waals surface area contributed by atoms with Gasteiger partial charge in [0.1, 0.15) is 10.6 Å². The minimum absolute atomic E-state index is 0.104. The Morgan fingerprint density at radius 1 is 1.44 bits per heavy atom. The van der Waals surface area contributed by atoms with E-state index in [4.69, 9.17) is 5.26 Å². The molecule has 0 aliphatic carbocycles. The van der Waals surface area contributed by atoms with E-state index < -0.39 is 10.0 Å². The highest BCUT2D eigenvalue weighted by Crippen LogP contribution is 2.24. The summed E-state index contributed by atoms with van der Waals surface area (Å²) in [6.07, 6.45) is 0.114. The smallest absolute Gasteiger partial charge is 0.246 e. The number of nitrogens with zero attached hydrogens (tertiary/aromatic N) is 2. The molecule has 0 unspecified atom stereocenters. The van der Waals surface area contributed by atoms with Gasteiger partial charge in [-0.2, -0.15) is 9.57 Å². The molecule has 0 amide bonds. The van der Waals surface area contributed by atoms with Crippen LogP contribution in [0.25, 0.3) is 0 Å². The van der Waals surface area contributed by atoms with E-state index in [1.165, 1.54) is 25.2 Å². The van der Waals surface area contributed by atoms with Crippen LogP contribution in [0.4, 0.5) is 0 Å². The van der Waals surface area contributed by atoms with Crippen molar-refractivity contribution in [3.63, 3.8) is 0 Å². The highest BCUT2D eigenvalue weighted by molar-refractivity contribution is 7.89. The summed E-state index contributed by atoms with van der Waals surface area (Å²) in [7, 11) is -2.34. The normalized spacial score (nSPS) is 11.3. The second kappa shape index (κ2) is 4.96. The molecule has 0 aliphatic rings. The Morgan fingerprint density at radius 3 is 2.62 bits per heavy atom. The monoisotopic (exact) mass is 240 g/mol. The number of phenols is 1. The minimum atomic E-state index is -3.71. The summed E-state index contributed by atoms with van der Waals surface area (Å²) < 4.78 is 24.9. The summed E-state index contributed by atoms with van der Waals surface area (Å²) >= 11 is 0. The Bertz CT molecular complexity index is 505. The van der Waals surface area contributed by atoms with E-state index in [2.05, 4.69) is 0 Å². The lowest BCUT2D eigenvalue weighted by molar-refractivity contribution is 0.443. The Morgan fingerprint density at radius 2 is 2.06 bits per heavy atom. The summed E-state index contributed by atoms with van der Waals surface area (Å²) in [6, 6.07) is 7.58. The van der Waals surface area contributed by atoms with Gasteiger partial charge in [0.15, 0.2) is 0 Å². The SMILES string of the molecule is CN(CCC#N)S(=O)(=O)c1ccccc1O. The highest BCUT2D eigenvalue weighted by atomic mass is 32.2. The fourth-order valence-corrected chi connectivity index (χ4v) is 2.42. The van der Waals surface area contributed by atoms with Gasteiger partial charge >= 0.3 is 0 Å². The van der Waals surface area contributed by atoms with Crippen molar-refractivity contribution >= 4 is 10.0 Å². The molecule has 5 nitrogen and oxygen atoms in total. The molecule has 0 heterocycles. The van der Waals surface area contributed by atoms with Gasteiger partial charge in [0, 0.05) is 20.0 Å². The maximum Gasteiger partial charge on any atom is 0.246 e. The first-order chi connectivity index (χ1) is 7.50. The van der Waals surface area contributed by atoms with Crippen LogP contribution in [-0.2, 0) is 10.0 Å².